The maximum atomic E-state index is 12.4. The lowest BCUT2D eigenvalue weighted by Gasteiger charge is -2.12. The minimum absolute atomic E-state index is 0.190. The molecule has 6 nitrogen and oxygen atoms in total. The van der Waals surface area contributed by atoms with E-state index in [2.05, 4.69) is 10.9 Å². The number of aryl methyl sites for hydroxylation is 1. The van der Waals surface area contributed by atoms with E-state index in [9.17, 15) is 9.59 Å². The first-order valence-electron chi connectivity index (χ1n) is 8.15. The van der Waals surface area contributed by atoms with Crippen LogP contribution in [0.25, 0.3) is 5.69 Å². The number of hydrogen-bond acceptors (Lipinski definition) is 3. The number of rotatable bonds is 5. The van der Waals surface area contributed by atoms with Crippen LogP contribution in [0, 0.1) is 6.92 Å². The summed E-state index contributed by atoms with van der Waals surface area (Å²) in [5.41, 5.74) is 6.90. The van der Waals surface area contributed by atoms with Gasteiger partial charge in [-0.3, -0.25) is 20.4 Å². The molecule has 2 N–H and O–H groups in total. The predicted molar refractivity (Wildman–Crippen MR) is 98.1 cm³/mol. The Morgan fingerprint density at radius 1 is 0.923 bits per heavy atom. The number of ether oxygens (including phenoxy) is 1. The van der Waals surface area contributed by atoms with Crippen LogP contribution in [0.2, 0.25) is 0 Å². The first-order chi connectivity index (χ1) is 12.6. The van der Waals surface area contributed by atoms with Gasteiger partial charge in [0.25, 0.3) is 11.8 Å². The molecular formula is C20H19N3O3. The molecule has 0 fully saturated rings. The monoisotopic (exact) mass is 349 g/mol. The number of nitrogens with one attached hydrogen (secondary N) is 2. The molecule has 2 aromatic carbocycles. The van der Waals surface area contributed by atoms with Gasteiger partial charge >= 0.3 is 0 Å². The summed E-state index contributed by atoms with van der Waals surface area (Å²) in [6.07, 6.45) is 3.70. The number of hydrogen-bond donors (Lipinski definition) is 2. The number of carbonyl (C=O) groups is 2. The third kappa shape index (κ3) is 4.10. The van der Waals surface area contributed by atoms with Crippen molar-refractivity contribution >= 4 is 11.8 Å². The Morgan fingerprint density at radius 2 is 1.62 bits per heavy atom. The number of aromatic nitrogens is 1. The molecule has 1 aromatic heterocycles. The first-order valence-corrected chi connectivity index (χ1v) is 8.15. The van der Waals surface area contributed by atoms with E-state index in [1.165, 1.54) is 0 Å². The number of hydrazine groups is 1. The molecule has 0 saturated carbocycles. The van der Waals surface area contributed by atoms with E-state index in [-0.39, 0.29) is 6.61 Å². The van der Waals surface area contributed by atoms with Gasteiger partial charge in [0.05, 0.1) is 11.3 Å². The van der Waals surface area contributed by atoms with Crippen molar-refractivity contribution < 1.29 is 14.3 Å². The molecule has 0 aliphatic carbocycles. The SMILES string of the molecule is Cc1ccccc1OCC(=O)NNC(=O)c1ccccc1-n1cccc1. The summed E-state index contributed by atoms with van der Waals surface area (Å²) >= 11 is 0. The molecule has 1 heterocycles. The van der Waals surface area contributed by atoms with Crippen molar-refractivity contribution in [2.24, 2.45) is 0 Å². The summed E-state index contributed by atoms with van der Waals surface area (Å²) in [5, 5.41) is 0. The summed E-state index contributed by atoms with van der Waals surface area (Å²) < 4.78 is 7.28. The Labute approximate surface area is 151 Å². The molecule has 0 unspecified atom stereocenters. The lowest BCUT2D eigenvalue weighted by molar-refractivity contribution is -0.123. The topological polar surface area (TPSA) is 72.4 Å². The van der Waals surface area contributed by atoms with Crippen LogP contribution in [0.5, 0.6) is 5.75 Å². The fourth-order valence-electron chi connectivity index (χ4n) is 2.48. The van der Waals surface area contributed by atoms with Gasteiger partial charge in [0.15, 0.2) is 6.61 Å². The standard InChI is InChI=1S/C20H19N3O3/c1-15-8-2-5-11-18(15)26-14-19(24)21-22-20(25)16-9-3-4-10-17(16)23-12-6-7-13-23/h2-13H,14H2,1H3,(H,21,24)(H,22,25). The van der Waals surface area contributed by atoms with Crippen molar-refractivity contribution in [1.29, 1.82) is 0 Å². The van der Waals surface area contributed by atoms with Gasteiger partial charge < -0.3 is 9.30 Å². The van der Waals surface area contributed by atoms with E-state index >= 15 is 0 Å². The van der Waals surface area contributed by atoms with E-state index in [0.717, 1.165) is 11.3 Å². The van der Waals surface area contributed by atoms with Crippen LogP contribution in [0.1, 0.15) is 15.9 Å². The highest BCUT2D eigenvalue weighted by Crippen LogP contribution is 2.16. The number of amides is 2. The fourth-order valence-corrected chi connectivity index (χ4v) is 2.48. The average Bonchev–Trinajstić information content (AvgIpc) is 3.20. The number of nitrogens with zero attached hydrogens (tertiary/aromatic N) is 1. The van der Waals surface area contributed by atoms with Gasteiger partial charge in [-0.2, -0.15) is 0 Å². The molecule has 0 bridgehead atoms. The van der Waals surface area contributed by atoms with Crippen molar-refractivity contribution in [3.05, 3.63) is 84.2 Å². The summed E-state index contributed by atoms with van der Waals surface area (Å²) in [4.78, 5) is 24.3. The zero-order chi connectivity index (χ0) is 18.4. The van der Waals surface area contributed by atoms with Crippen molar-refractivity contribution in [3.63, 3.8) is 0 Å². The lowest BCUT2D eigenvalue weighted by Crippen LogP contribution is -2.44. The van der Waals surface area contributed by atoms with E-state index in [1.54, 1.807) is 18.2 Å². The number of para-hydroxylation sites is 2. The molecule has 3 aromatic rings. The molecule has 0 radical (unpaired) electrons. The first kappa shape index (κ1) is 17.3. The molecule has 0 atom stereocenters. The van der Waals surface area contributed by atoms with Crippen LogP contribution in [0.15, 0.2) is 73.1 Å². The molecule has 6 heteroatoms. The van der Waals surface area contributed by atoms with E-state index < -0.39 is 11.8 Å². The van der Waals surface area contributed by atoms with Crippen LogP contribution < -0.4 is 15.6 Å². The highest BCUT2D eigenvalue weighted by molar-refractivity contribution is 5.98. The zero-order valence-corrected chi connectivity index (χ0v) is 14.3. The van der Waals surface area contributed by atoms with Gasteiger partial charge in [0, 0.05) is 12.4 Å². The smallest absolute Gasteiger partial charge is 0.276 e. The fraction of sp³-hybridized carbons (Fsp3) is 0.100. The molecule has 3 rings (SSSR count). The van der Waals surface area contributed by atoms with Gasteiger partial charge in [0.1, 0.15) is 5.75 Å². The highest BCUT2D eigenvalue weighted by Gasteiger charge is 2.13. The average molecular weight is 349 g/mol. The van der Waals surface area contributed by atoms with Gasteiger partial charge in [-0.05, 0) is 42.8 Å². The van der Waals surface area contributed by atoms with Crippen molar-refractivity contribution in [1.82, 2.24) is 15.4 Å². The molecule has 2 amide bonds. The molecule has 0 spiro atoms. The second kappa shape index (κ2) is 8.02. The summed E-state index contributed by atoms with van der Waals surface area (Å²) in [6, 6.07) is 18.3. The normalized spacial score (nSPS) is 10.2. The third-order valence-corrected chi connectivity index (χ3v) is 3.80. The minimum Gasteiger partial charge on any atom is -0.483 e. The van der Waals surface area contributed by atoms with Crippen LogP contribution in [0.4, 0.5) is 0 Å². The van der Waals surface area contributed by atoms with Crippen LogP contribution in [-0.4, -0.2) is 23.0 Å². The minimum atomic E-state index is -0.444. The Morgan fingerprint density at radius 3 is 2.38 bits per heavy atom. The van der Waals surface area contributed by atoms with E-state index in [1.807, 2.05) is 66.3 Å². The van der Waals surface area contributed by atoms with Gasteiger partial charge in [-0.1, -0.05) is 30.3 Å². The van der Waals surface area contributed by atoms with E-state index in [4.69, 9.17) is 4.74 Å². The molecular weight excluding hydrogens is 330 g/mol. The van der Waals surface area contributed by atoms with Gasteiger partial charge in [-0.25, -0.2) is 0 Å². The second-order valence-electron chi connectivity index (χ2n) is 5.66. The van der Waals surface area contributed by atoms with Gasteiger partial charge in [-0.15, -0.1) is 0 Å². The Bertz CT molecular complexity index is 904. The summed E-state index contributed by atoms with van der Waals surface area (Å²) in [7, 11) is 0. The molecule has 26 heavy (non-hydrogen) atoms. The van der Waals surface area contributed by atoms with Crippen molar-refractivity contribution in [3.8, 4) is 11.4 Å². The second-order valence-corrected chi connectivity index (χ2v) is 5.66. The number of carbonyl (C=O) groups excluding carboxylic acids is 2. The maximum absolute atomic E-state index is 12.4. The molecule has 132 valence electrons. The van der Waals surface area contributed by atoms with Crippen molar-refractivity contribution in [2.45, 2.75) is 6.92 Å². The van der Waals surface area contributed by atoms with E-state index in [0.29, 0.717) is 11.3 Å². The maximum Gasteiger partial charge on any atom is 0.276 e. The van der Waals surface area contributed by atoms with Crippen LogP contribution >= 0.6 is 0 Å². The lowest BCUT2D eigenvalue weighted by atomic mass is 10.1. The third-order valence-electron chi connectivity index (χ3n) is 3.80. The summed E-state index contributed by atoms with van der Waals surface area (Å²) in [5.74, 6) is -0.217. The predicted octanol–water partition coefficient (Wildman–Crippen LogP) is 2.63. The van der Waals surface area contributed by atoms with Crippen LogP contribution in [0.3, 0.4) is 0 Å². The van der Waals surface area contributed by atoms with Crippen molar-refractivity contribution in [2.75, 3.05) is 6.61 Å². The Balaban J connectivity index is 1.58. The molecule has 0 aliphatic rings. The Kier molecular flexibility index (Phi) is 5.34. The van der Waals surface area contributed by atoms with Crippen LogP contribution in [-0.2, 0) is 4.79 Å². The molecule has 0 saturated heterocycles. The van der Waals surface area contributed by atoms with Gasteiger partial charge in [0.2, 0.25) is 0 Å². The largest absolute Gasteiger partial charge is 0.483 e. The Hall–Kier alpha value is -3.54. The molecule has 0 aliphatic heterocycles. The zero-order valence-electron chi connectivity index (χ0n) is 14.3. The quantitative estimate of drug-likeness (QED) is 0.696. The highest BCUT2D eigenvalue weighted by atomic mass is 16.5. The summed E-state index contributed by atoms with van der Waals surface area (Å²) in [6.45, 7) is 1.71. The number of benzene rings is 2.